The van der Waals surface area contributed by atoms with E-state index in [0.29, 0.717) is 6.42 Å². The number of aromatic hydroxyl groups is 1. The summed E-state index contributed by atoms with van der Waals surface area (Å²) >= 11 is 0. The van der Waals surface area contributed by atoms with Crippen LogP contribution >= 0.6 is 0 Å². The molecule has 138 valence electrons. The predicted molar refractivity (Wildman–Crippen MR) is 105 cm³/mol. The highest BCUT2D eigenvalue weighted by molar-refractivity contribution is 5.50. The Morgan fingerprint density at radius 2 is 1.72 bits per heavy atom. The lowest BCUT2D eigenvalue weighted by Crippen LogP contribution is -2.27. The number of phenolic OH excluding ortho intramolecular Hbond substituents is 1. The minimum atomic E-state index is -0.839. The Hall–Kier alpha value is -1.77. The summed E-state index contributed by atoms with van der Waals surface area (Å²) in [5.74, 6) is 0.289. The van der Waals surface area contributed by atoms with Gasteiger partial charge in [-0.15, -0.1) is 0 Å². The Labute approximate surface area is 152 Å². The molecule has 2 rings (SSSR count). The third kappa shape index (κ3) is 7.33. The van der Waals surface area contributed by atoms with E-state index in [4.69, 9.17) is 0 Å². The van der Waals surface area contributed by atoms with Gasteiger partial charge < -0.3 is 10.0 Å². The van der Waals surface area contributed by atoms with Crippen LogP contribution in [0.15, 0.2) is 48.1 Å². The first kappa shape index (κ1) is 19.6. The van der Waals surface area contributed by atoms with Crippen LogP contribution in [0.5, 0.6) is 5.75 Å². The molecule has 0 heterocycles. The van der Waals surface area contributed by atoms with Crippen LogP contribution in [0.1, 0.15) is 58.3 Å². The van der Waals surface area contributed by atoms with E-state index in [1.807, 2.05) is 24.3 Å². The summed E-state index contributed by atoms with van der Waals surface area (Å²) in [6.45, 7) is 4.03. The van der Waals surface area contributed by atoms with Crippen LogP contribution in [-0.2, 0) is 0 Å². The molecular formula is C22H32FNO. The van der Waals surface area contributed by atoms with E-state index in [2.05, 4.69) is 11.8 Å². The monoisotopic (exact) mass is 345 g/mol. The molecule has 1 aliphatic carbocycles. The van der Waals surface area contributed by atoms with E-state index in [1.54, 1.807) is 18.2 Å². The van der Waals surface area contributed by atoms with E-state index in [1.165, 1.54) is 44.1 Å². The fraction of sp³-hybridized carbons (Fsp3) is 0.545. The third-order valence-corrected chi connectivity index (χ3v) is 4.74. The van der Waals surface area contributed by atoms with Gasteiger partial charge in [0.2, 0.25) is 0 Å². The lowest BCUT2D eigenvalue weighted by molar-refractivity contribution is 0.400. The highest BCUT2D eigenvalue weighted by Gasteiger charge is 2.12. The smallest absolute Gasteiger partial charge is 0.122 e. The number of benzene rings is 1. The third-order valence-electron chi connectivity index (χ3n) is 4.74. The van der Waals surface area contributed by atoms with Gasteiger partial charge in [0.25, 0.3) is 0 Å². The number of unbranched alkanes of at least 4 members (excludes halogenated alkanes) is 6. The highest BCUT2D eigenvalue weighted by atomic mass is 19.1. The second-order valence-corrected chi connectivity index (χ2v) is 6.95. The fourth-order valence-corrected chi connectivity index (χ4v) is 3.20. The van der Waals surface area contributed by atoms with Gasteiger partial charge in [-0.25, -0.2) is 4.39 Å². The summed E-state index contributed by atoms with van der Waals surface area (Å²) in [6, 6.07) is 7.38. The standard InChI is InChI=1S/C22H32FNO/c1-2-3-4-5-6-7-8-17-24(21-13-15-22(25)16-14-21)18-19-9-11-20(23)12-10-19/h9-11,13-16,20,25H,2-8,12,17-18H2,1H3. The van der Waals surface area contributed by atoms with E-state index < -0.39 is 6.17 Å². The molecule has 0 bridgehead atoms. The van der Waals surface area contributed by atoms with E-state index in [-0.39, 0.29) is 5.75 Å². The molecule has 1 unspecified atom stereocenters. The van der Waals surface area contributed by atoms with Gasteiger partial charge in [0.1, 0.15) is 11.9 Å². The van der Waals surface area contributed by atoms with Crippen LogP contribution in [0.2, 0.25) is 0 Å². The van der Waals surface area contributed by atoms with Crippen molar-refractivity contribution in [2.75, 3.05) is 18.0 Å². The average molecular weight is 346 g/mol. The van der Waals surface area contributed by atoms with E-state index in [0.717, 1.165) is 25.2 Å². The number of rotatable bonds is 11. The maximum Gasteiger partial charge on any atom is 0.122 e. The molecule has 25 heavy (non-hydrogen) atoms. The van der Waals surface area contributed by atoms with Crippen LogP contribution in [0.25, 0.3) is 0 Å². The molecule has 0 fully saturated rings. The number of anilines is 1. The summed E-state index contributed by atoms with van der Waals surface area (Å²) in [6.07, 6.45) is 14.2. The van der Waals surface area contributed by atoms with Crippen molar-refractivity contribution in [1.29, 1.82) is 0 Å². The number of halogens is 1. The minimum absolute atomic E-state index is 0.289. The first-order valence-electron chi connectivity index (χ1n) is 9.74. The summed E-state index contributed by atoms with van der Waals surface area (Å²) in [4.78, 5) is 2.33. The number of hydrogen-bond donors (Lipinski definition) is 1. The molecule has 0 radical (unpaired) electrons. The molecule has 2 nitrogen and oxygen atoms in total. The minimum Gasteiger partial charge on any atom is -0.508 e. The first-order chi connectivity index (χ1) is 12.2. The van der Waals surface area contributed by atoms with Crippen LogP contribution < -0.4 is 4.90 Å². The number of allylic oxidation sites excluding steroid dienone is 2. The normalized spacial score (nSPS) is 16.7. The second kappa shape index (κ2) is 11.0. The fourth-order valence-electron chi connectivity index (χ4n) is 3.20. The molecule has 0 aromatic heterocycles. The summed E-state index contributed by atoms with van der Waals surface area (Å²) in [7, 11) is 0. The molecule has 3 heteroatoms. The SMILES string of the molecule is CCCCCCCCCN(CC1=CCC(F)C=C1)c1ccc(O)cc1. The summed E-state index contributed by atoms with van der Waals surface area (Å²) < 4.78 is 13.3. The Kier molecular flexibility index (Phi) is 8.58. The predicted octanol–water partition coefficient (Wildman–Crippen LogP) is 6.17. The van der Waals surface area contributed by atoms with Crippen LogP contribution in [0, 0.1) is 0 Å². The van der Waals surface area contributed by atoms with Crippen molar-refractivity contribution in [2.24, 2.45) is 0 Å². The van der Waals surface area contributed by atoms with E-state index >= 15 is 0 Å². The van der Waals surface area contributed by atoms with Crippen LogP contribution in [0.4, 0.5) is 10.1 Å². The molecule has 0 spiro atoms. The number of alkyl halides is 1. The Balaban J connectivity index is 1.86. The maximum atomic E-state index is 13.3. The largest absolute Gasteiger partial charge is 0.508 e. The Bertz CT molecular complexity index is 550. The number of phenols is 1. The van der Waals surface area contributed by atoms with Gasteiger partial charge in [-0.05, 0) is 36.3 Å². The molecule has 1 atom stereocenters. The molecule has 1 aromatic carbocycles. The van der Waals surface area contributed by atoms with Gasteiger partial charge >= 0.3 is 0 Å². The topological polar surface area (TPSA) is 23.5 Å². The van der Waals surface area contributed by atoms with Crippen molar-refractivity contribution >= 4 is 5.69 Å². The van der Waals surface area contributed by atoms with Crippen molar-refractivity contribution in [3.8, 4) is 5.75 Å². The van der Waals surface area contributed by atoms with Crippen molar-refractivity contribution in [3.63, 3.8) is 0 Å². The molecule has 0 saturated heterocycles. The van der Waals surface area contributed by atoms with Crippen molar-refractivity contribution in [1.82, 2.24) is 0 Å². The van der Waals surface area contributed by atoms with Crippen molar-refractivity contribution in [3.05, 3.63) is 48.1 Å². The molecular weight excluding hydrogens is 313 g/mol. The van der Waals surface area contributed by atoms with E-state index in [9.17, 15) is 9.50 Å². The molecule has 1 aliphatic rings. The van der Waals surface area contributed by atoms with Crippen LogP contribution in [0.3, 0.4) is 0 Å². The zero-order valence-electron chi connectivity index (χ0n) is 15.5. The molecule has 0 saturated carbocycles. The van der Waals surface area contributed by atoms with Crippen molar-refractivity contribution < 1.29 is 9.50 Å². The second-order valence-electron chi connectivity index (χ2n) is 6.95. The summed E-state index contributed by atoms with van der Waals surface area (Å²) in [5, 5.41) is 9.52. The van der Waals surface area contributed by atoms with Gasteiger partial charge in [0.05, 0.1) is 0 Å². The number of hydrogen-bond acceptors (Lipinski definition) is 2. The van der Waals surface area contributed by atoms with Gasteiger partial charge in [-0.3, -0.25) is 0 Å². The quantitative estimate of drug-likeness (QED) is 0.485. The zero-order chi connectivity index (χ0) is 17.9. The average Bonchev–Trinajstić information content (AvgIpc) is 2.62. The Morgan fingerprint density at radius 1 is 1.04 bits per heavy atom. The summed E-state index contributed by atoms with van der Waals surface area (Å²) in [5.41, 5.74) is 2.28. The molecule has 1 aromatic rings. The number of nitrogens with zero attached hydrogens (tertiary/aromatic N) is 1. The molecule has 1 N–H and O–H groups in total. The van der Waals surface area contributed by atoms with Crippen molar-refractivity contribution in [2.45, 2.75) is 64.5 Å². The first-order valence-corrected chi connectivity index (χ1v) is 9.74. The van der Waals surface area contributed by atoms with Gasteiger partial charge in [-0.2, -0.15) is 0 Å². The lowest BCUT2D eigenvalue weighted by atomic mass is 10.0. The Morgan fingerprint density at radius 3 is 2.36 bits per heavy atom. The van der Waals surface area contributed by atoms with Gasteiger partial charge in [0, 0.05) is 25.2 Å². The lowest BCUT2D eigenvalue weighted by Gasteiger charge is -2.26. The van der Waals surface area contributed by atoms with Crippen LogP contribution in [-0.4, -0.2) is 24.4 Å². The van der Waals surface area contributed by atoms with Gasteiger partial charge in [0.15, 0.2) is 0 Å². The highest BCUT2D eigenvalue weighted by Crippen LogP contribution is 2.22. The maximum absolute atomic E-state index is 13.3. The molecule has 0 amide bonds. The zero-order valence-corrected chi connectivity index (χ0v) is 15.5. The van der Waals surface area contributed by atoms with Gasteiger partial charge in [-0.1, -0.05) is 63.7 Å². The molecule has 0 aliphatic heterocycles.